The zero-order valence-electron chi connectivity index (χ0n) is 12.0. The highest BCUT2D eigenvalue weighted by molar-refractivity contribution is 7.16. The molecule has 2 heterocycles. The molecule has 0 bridgehead atoms. The molecule has 116 valence electrons. The topological polar surface area (TPSA) is 68.3 Å². The number of aryl methyl sites for hydroxylation is 1. The average Bonchev–Trinajstić information content (AvgIpc) is 2.75. The van der Waals surface area contributed by atoms with Crippen LogP contribution in [0.3, 0.4) is 0 Å². The van der Waals surface area contributed by atoms with Crippen molar-refractivity contribution in [1.82, 2.24) is 4.98 Å². The number of thiophene rings is 1. The quantitative estimate of drug-likeness (QED) is 0.662. The lowest BCUT2D eigenvalue weighted by Crippen LogP contribution is -2.16. The molecule has 0 unspecified atom stereocenters. The van der Waals surface area contributed by atoms with Gasteiger partial charge < -0.3 is 10.1 Å². The number of pyridine rings is 1. The van der Waals surface area contributed by atoms with E-state index in [2.05, 4.69) is 10.3 Å². The van der Waals surface area contributed by atoms with E-state index < -0.39 is 11.9 Å². The van der Waals surface area contributed by atoms with Gasteiger partial charge in [-0.2, -0.15) is 0 Å². The molecule has 5 nitrogen and oxygen atoms in total. The Morgan fingerprint density at radius 1 is 1.27 bits per heavy atom. The summed E-state index contributed by atoms with van der Waals surface area (Å²) in [6, 6.07) is 2.97. The largest absolute Gasteiger partial charge is 0.465 e. The first-order valence-electron chi connectivity index (χ1n) is 6.16. The van der Waals surface area contributed by atoms with E-state index in [4.69, 9.17) is 27.9 Å². The highest BCUT2D eigenvalue weighted by atomic mass is 35.5. The lowest BCUT2D eigenvalue weighted by molar-refractivity contribution is 0.0601. The minimum absolute atomic E-state index is 0.00584. The summed E-state index contributed by atoms with van der Waals surface area (Å²) in [4.78, 5) is 29.0. The minimum atomic E-state index is -0.543. The highest BCUT2D eigenvalue weighted by Gasteiger charge is 2.23. The zero-order chi connectivity index (χ0) is 16.4. The van der Waals surface area contributed by atoms with Crippen LogP contribution >= 0.6 is 34.5 Å². The maximum absolute atomic E-state index is 12.3. The van der Waals surface area contributed by atoms with Crippen LogP contribution in [0.1, 0.15) is 31.3 Å². The molecule has 22 heavy (non-hydrogen) atoms. The molecule has 2 aromatic rings. The molecule has 2 aromatic heterocycles. The molecule has 8 heteroatoms. The molecule has 2 rings (SSSR count). The number of hydrogen-bond donors (Lipinski definition) is 1. The number of aromatic nitrogens is 1. The Kier molecular flexibility index (Phi) is 5.05. The third kappa shape index (κ3) is 3.24. The van der Waals surface area contributed by atoms with Gasteiger partial charge in [-0.15, -0.1) is 11.3 Å². The van der Waals surface area contributed by atoms with Crippen LogP contribution in [0.5, 0.6) is 0 Å². The zero-order valence-corrected chi connectivity index (χ0v) is 14.3. The van der Waals surface area contributed by atoms with Gasteiger partial charge in [-0.1, -0.05) is 23.2 Å². The molecule has 1 N–H and O–H groups in total. The predicted octanol–water partition coefficient (Wildman–Crippen LogP) is 4.11. The Labute approximate surface area is 141 Å². The molecule has 0 aromatic carbocycles. The Hall–Kier alpha value is -1.63. The average molecular weight is 359 g/mol. The summed E-state index contributed by atoms with van der Waals surface area (Å²) in [5, 5.41) is 3.36. The van der Waals surface area contributed by atoms with E-state index in [1.807, 2.05) is 6.92 Å². The van der Waals surface area contributed by atoms with Crippen molar-refractivity contribution >= 4 is 51.4 Å². The molecule has 0 aliphatic heterocycles. The van der Waals surface area contributed by atoms with Crippen LogP contribution in [0.4, 0.5) is 5.00 Å². The normalized spacial score (nSPS) is 10.4. The van der Waals surface area contributed by atoms with Gasteiger partial charge in [0.2, 0.25) is 0 Å². The number of methoxy groups -OCH3 is 1. The molecule has 1 amide bonds. The number of carbonyl (C=O) groups is 2. The molecule has 0 radical (unpaired) electrons. The number of ether oxygens (including phenoxy) is 1. The molecular formula is C14H12Cl2N2O3S. The number of hydrogen-bond acceptors (Lipinski definition) is 5. The number of anilines is 1. The number of rotatable bonds is 3. The summed E-state index contributed by atoms with van der Waals surface area (Å²) in [7, 11) is 1.29. The van der Waals surface area contributed by atoms with Gasteiger partial charge in [-0.25, -0.2) is 9.78 Å². The minimum Gasteiger partial charge on any atom is -0.465 e. The molecule has 0 fully saturated rings. The van der Waals surface area contributed by atoms with E-state index in [9.17, 15) is 9.59 Å². The first-order chi connectivity index (χ1) is 10.3. The Morgan fingerprint density at radius 3 is 2.59 bits per heavy atom. The van der Waals surface area contributed by atoms with Gasteiger partial charge in [0.15, 0.2) is 0 Å². The summed E-state index contributed by atoms with van der Waals surface area (Å²) in [6.07, 6.45) is 0. The van der Waals surface area contributed by atoms with E-state index in [0.717, 1.165) is 10.4 Å². The first-order valence-corrected chi connectivity index (χ1v) is 7.74. The van der Waals surface area contributed by atoms with Crippen LogP contribution in [0.15, 0.2) is 12.1 Å². The van der Waals surface area contributed by atoms with Crippen molar-refractivity contribution in [2.45, 2.75) is 13.8 Å². The number of esters is 1. The summed E-state index contributed by atoms with van der Waals surface area (Å²) in [6.45, 7) is 3.64. The van der Waals surface area contributed by atoms with E-state index in [1.165, 1.54) is 30.6 Å². The predicted molar refractivity (Wildman–Crippen MR) is 87.3 cm³/mol. The second-order valence-electron chi connectivity index (χ2n) is 4.40. The number of amides is 1. The van der Waals surface area contributed by atoms with Crippen molar-refractivity contribution in [3.8, 4) is 0 Å². The third-order valence-corrected chi connectivity index (χ3v) is 4.67. The molecule has 0 saturated carbocycles. The third-order valence-electron chi connectivity index (χ3n) is 3.03. The summed E-state index contributed by atoms with van der Waals surface area (Å²) >= 11 is 13.0. The van der Waals surface area contributed by atoms with Crippen LogP contribution in [0.2, 0.25) is 10.2 Å². The number of carbonyl (C=O) groups excluding carboxylic acids is 2. The number of nitrogens with one attached hydrogen (secondary N) is 1. The standard InChI is InChI=1S/C14H12Cl2N2O3S/c1-6-7(2)22-13(10(6)14(20)21-3)18-12(19)11-8(15)4-5-9(16)17-11/h4-5H,1-3H3,(H,18,19). The van der Waals surface area contributed by atoms with Crippen LogP contribution in [0, 0.1) is 13.8 Å². The monoisotopic (exact) mass is 358 g/mol. The van der Waals surface area contributed by atoms with Gasteiger partial charge in [0.05, 0.1) is 17.7 Å². The Balaban J connectivity index is 2.39. The van der Waals surface area contributed by atoms with Crippen molar-refractivity contribution in [1.29, 1.82) is 0 Å². The van der Waals surface area contributed by atoms with Gasteiger partial charge in [-0.3, -0.25) is 4.79 Å². The van der Waals surface area contributed by atoms with Crippen molar-refractivity contribution < 1.29 is 14.3 Å². The first kappa shape index (κ1) is 16.7. The highest BCUT2D eigenvalue weighted by Crippen LogP contribution is 2.33. The molecule has 0 saturated heterocycles. The second kappa shape index (κ2) is 6.64. The van der Waals surface area contributed by atoms with E-state index in [0.29, 0.717) is 10.6 Å². The maximum atomic E-state index is 12.3. The molecular weight excluding hydrogens is 347 g/mol. The van der Waals surface area contributed by atoms with Gasteiger partial charge in [0.25, 0.3) is 5.91 Å². The summed E-state index contributed by atoms with van der Waals surface area (Å²) in [5.41, 5.74) is 1.09. The van der Waals surface area contributed by atoms with Crippen molar-refractivity contribution in [3.63, 3.8) is 0 Å². The summed E-state index contributed by atoms with van der Waals surface area (Å²) in [5.74, 6) is -1.05. The second-order valence-corrected chi connectivity index (χ2v) is 6.42. The van der Waals surface area contributed by atoms with Crippen LogP contribution in [-0.4, -0.2) is 24.0 Å². The van der Waals surface area contributed by atoms with Crippen LogP contribution < -0.4 is 5.32 Å². The molecule has 0 atom stereocenters. The van der Waals surface area contributed by atoms with Crippen molar-refractivity contribution in [2.24, 2.45) is 0 Å². The Bertz CT molecular complexity index is 759. The lowest BCUT2D eigenvalue weighted by atomic mass is 10.1. The van der Waals surface area contributed by atoms with E-state index >= 15 is 0 Å². The van der Waals surface area contributed by atoms with Crippen molar-refractivity contribution in [3.05, 3.63) is 44.0 Å². The van der Waals surface area contributed by atoms with Crippen LogP contribution in [-0.2, 0) is 4.74 Å². The smallest absolute Gasteiger partial charge is 0.341 e. The van der Waals surface area contributed by atoms with Gasteiger partial charge in [-0.05, 0) is 31.5 Å². The number of halogens is 2. The van der Waals surface area contributed by atoms with E-state index in [1.54, 1.807) is 6.92 Å². The SMILES string of the molecule is COC(=O)c1c(NC(=O)c2nc(Cl)ccc2Cl)sc(C)c1C. The molecule has 0 spiro atoms. The number of nitrogens with zero attached hydrogens (tertiary/aromatic N) is 1. The fourth-order valence-corrected chi connectivity index (χ4v) is 3.18. The fourth-order valence-electron chi connectivity index (χ4n) is 1.80. The fraction of sp³-hybridized carbons (Fsp3) is 0.214. The van der Waals surface area contributed by atoms with Gasteiger partial charge in [0, 0.05) is 4.88 Å². The molecule has 0 aliphatic carbocycles. The van der Waals surface area contributed by atoms with Gasteiger partial charge in [0.1, 0.15) is 15.8 Å². The van der Waals surface area contributed by atoms with Crippen molar-refractivity contribution in [2.75, 3.05) is 12.4 Å². The van der Waals surface area contributed by atoms with Gasteiger partial charge >= 0.3 is 5.97 Å². The molecule has 0 aliphatic rings. The maximum Gasteiger partial charge on any atom is 0.341 e. The lowest BCUT2D eigenvalue weighted by Gasteiger charge is -2.07. The summed E-state index contributed by atoms with van der Waals surface area (Å²) < 4.78 is 4.75. The van der Waals surface area contributed by atoms with E-state index in [-0.39, 0.29) is 15.9 Å². The Morgan fingerprint density at radius 2 is 1.95 bits per heavy atom. The van der Waals surface area contributed by atoms with Crippen LogP contribution in [0.25, 0.3) is 0 Å².